The van der Waals surface area contributed by atoms with Crippen molar-refractivity contribution in [3.63, 3.8) is 0 Å². The zero-order chi connectivity index (χ0) is 33.3. The van der Waals surface area contributed by atoms with Crippen LogP contribution < -0.4 is 20.1 Å². The van der Waals surface area contributed by atoms with Gasteiger partial charge in [0.2, 0.25) is 0 Å². The first-order chi connectivity index (χ1) is 22.7. The number of unbranched alkanes of at least 4 members (excludes halogenated alkanes) is 1. The largest absolute Gasteiger partial charge is 0.495 e. The van der Waals surface area contributed by atoms with E-state index in [1.165, 1.54) is 12.1 Å². The molecule has 0 aliphatic rings. The molecule has 5 aromatic rings. The average Bonchev–Trinajstić information content (AvgIpc) is 3.48. The number of carboxylic acids is 1. The Bertz CT molecular complexity index is 1840. The van der Waals surface area contributed by atoms with Crippen molar-refractivity contribution in [3.8, 4) is 28.5 Å². The van der Waals surface area contributed by atoms with E-state index in [9.17, 15) is 9.59 Å². The fraction of sp³-hybridized carbons (Fsp3) is 0.194. The maximum atomic E-state index is 13.5. The molecule has 1 aromatic heterocycles. The number of benzene rings is 4. The molecule has 0 aliphatic carbocycles. The maximum absolute atomic E-state index is 13.5. The molecule has 1 atom stereocenters. The number of para-hydroxylation sites is 2. The summed E-state index contributed by atoms with van der Waals surface area (Å²) in [5.74, 6) is 1.31. The van der Waals surface area contributed by atoms with Crippen molar-refractivity contribution in [1.29, 1.82) is 0 Å². The number of carboxylic acid groups (broad SMARTS) is 1. The number of carbonyl (C=O) groups excluding carboxylic acids is 1. The summed E-state index contributed by atoms with van der Waals surface area (Å²) < 4.78 is 13.4. The number of methoxy groups -OCH3 is 1. The van der Waals surface area contributed by atoms with Gasteiger partial charge in [-0.3, -0.25) is 0 Å². The van der Waals surface area contributed by atoms with E-state index in [1.807, 2.05) is 48.7 Å². The molecule has 0 bridgehead atoms. The predicted octanol–water partition coefficient (Wildman–Crippen LogP) is 9.26. The van der Waals surface area contributed by atoms with Crippen LogP contribution in [0.2, 0.25) is 10.0 Å². The molecule has 1 heterocycles. The molecular weight excluding hydrogens is 639 g/mol. The van der Waals surface area contributed by atoms with Gasteiger partial charge in [0, 0.05) is 23.3 Å². The van der Waals surface area contributed by atoms with Crippen LogP contribution in [0, 0.1) is 0 Å². The highest BCUT2D eigenvalue weighted by molar-refractivity contribution is 6.36. The van der Waals surface area contributed by atoms with Crippen molar-refractivity contribution in [1.82, 2.24) is 14.9 Å². The Hall–Kier alpha value is -4.99. The highest BCUT2D eigenvalue weighted by Crippen LogP contribution is 2.32. The van der Waals surface area contributed by atoms with Crippen LogP contribution in [-0.2, 0) is 13.0 Å². The summed E-state index contributed by atoms with van der Waals surface area (Å²) in [5.41, 5.74) is 3.05. The third-order valence-electron chi connectivity index (χ3n) is 7.44. The summed E-state index contributed by atoms with van der Waals surface area (Å²) in [6.45, 7) is 2.82. The number of nitrogens with zero attached hydrogens (tertiary/aromatic N) is 2. The van der Waals surface area contributed by atoms with Gasteiger partial charge in [-0.2, -0.15) is 0 Å². The Labute approximate surface area is 283 Å². The zero-order valence-electron chi connectivity index (χ0n) is 25.9. The Kier molecular flexibility index (Phi) is 11.0. The standard InChI is InChI=1S/C36H34Cl2N4O5/c1-3-4-19-42-22-32(28-18-13-25(37)21-29(28)38)39-34(42)31(41-36(45)40-30-7-5-6-8-33(30)46-2)20-23-9-14-26(15-10-23)47-27-16-11-24(12-17-27)35(43)44/h5-18,21-22,31H,3-4,19-20H2,1-2H3,(H,43,44)(H2,40,41,45)/t31-/m0/s1. The molecule has 5 rings (SSSR count). The lowest BCUT2D eigenvalue weighted by atomic mass is 10.0. The smallest absolute Gasteiger partial charge is 0.335 e. The second-order valence-electron chi connectivity index (χ2n) is 10.8. The van der Waals surface area contributed by atoms with E-state index in [-0.39, 0.29) is 5.56 Å². The van der Waals surface area contributed by atoms with Gasteiger partial charge >= 0.3 is 12.0 Å². The number of anilines is 1. The minimum Gasteiger partial charge on any atom is -0.495 e. The van der Waals surface area contributed by atoms with Gasteiger partial charge in [-0.25, -0.2) is 14.6 Å². The van der Waals surface area contributed by atoms with Gasteiger partial charge in [0.25, 0.3) is 0 Å². The van der Waals surface area contributed by atoms with Crippen molar-refractivity contribution in [2.24, 2.45) is 0 Å². The molecule has 4 aromatic carbocycles. The number of ether oxygens (including phenoxy) is 2. The van der Waals surface area contributed by atoms with E-state index in [2.05, 4.69) is 22.1 Å². The quantitative estimate of drug-likeness (QED) is 0.115. The molecule has 3 N–H and O–H groups in total. The van der Waals surface area contributed by atoms with Gasteiger partial charge in [-0.15, -0.1) is 0 Å². The minimum absolute atomic E-state index is 0.180. The lowest BCUT2D eigenvalue weighted by Gasteiger charge is -2.21. The van der Waals surface area contributed by atoms with Crippen molar-refractivity contribution < 1.29 is 24.2 Å². The van der Waals surface area contributed by atoms with Gasteiger partial charge in [-0.05, 0) is 85.1 Å². The second-order valence-corrected chi connectivity index (χ2v) is 11.6. The number of hydrogen-bond donors (Lipinski definition) is 3. The first-order valence-electron chi connectivity index (χ1n) is 15.1. The number of imidazole rings is 1. The number of aromatic nitrogens is 2. The molecule has 2 amide bonds. The number of aryl methyl sites for hydroxylation is 1. The molecule has 11 heteroatoms. The molecule has 47 heavy (non-hydrogen) atoms. The van der Waals surface area contributed by atoms with Gasteiger partial charge in [-0.1, -0.05) is 60.8 Å². The Balaban J connectivity index is 1.44. The van der Waals surface area contributed by atoms with Gasteiger partial charge in [0.1, 0.15) is 23.1 Å². The second kappa shape index (κ2) is 15.5. The normalized spacial score (nSPS) is 11.5. The van der Waals surface area contributed by atoms with E-state index in [0.717, 1.165) is 24.0 Å². The van der Waals surface area contributed by atoms with Crippen LogP contribution in [0.25, 0.3) is 11.3 Å². The molecule has 0 unspecified atom stereocenters. The molecule has 0 spiro atoms. The zero-order valence-corrected chi connectivity index (χ0v) is 27.4. The summed E-state index contributed by atoms with van der Waals surface area (Å²) in [6, 6.07) is 25.2. The van der Waals surface area contributed by atoms with Crippen LogP contribution >= 0.6 is 23.2 Å². The van der Waals surface area contributed by atoms with Crippen LogP contribution in [0.3, 0.4) is 0 Å². The Morgan fingerprint density at radius 2 is 1.66 bits per heavy atom. The predicted molar refractivity (Wildman–Crippen MR) is 184 cm³/mol. The number of amides is 2. The lowest BCUT2D eigenvalue weighted by Crippen LogP contribution is -2.35. The summed E-state index contributed by atoms with van der Waals surface area (Å²) >= 11 is 12.7. The van der Waals surface area contributed by atoms with Crippen LogP contribution in [0.15, 0.2) is 97.2 Å². The van der Waals surface area contributed by atoms with E-state index < -0.39 is 18.0 Å². The fourth-order valence-corrected chi connectivity index (χ4v) is 5.55. The van der Waals surface area contributed by atoms with Crippen molar-refractivity contribution in [2.45, 2.75) is 38.8 Å². The Morgan fingerprint density at radius 3 is 2.32 bits per heavy atom. The van der Waals surface area contributed by atoms with Crippen LogP contribution in [0.1, 0.15) is 47.6 Å². The number of nitrogens with one attached hydrogen (secondary N) is 2. The number of hydrogen-bond acceptors (Lipinski definition) is 5. The van der Waals surface area contributed by atoms with Crippen molar-refractivity contribution in [2.75, 3.05) is 12.4 Å². The SMILES string of the molecule is CCCCn1cc(-c2ccc(Cl)cc2Cl)nc1[C@H](Cc1ccc(Oc2ccc(C(=O)O)cc2)cc1)NC(=O)Nc1ccccc1OC. The highest BCUT2D eigenvalue weighted by Gasteiger charge is 2.24. The number of rotatable bonds is 13. The third kappa shape index (κ3) is 8.64. The summed E-state index contributed by atoms with van der Waals surface area (Å²) in [7, 11) is 1.55. The molecule has 242 valence electrons. The summed E-state index contributed by atoms with van der Waals surface area (Å²) in [5, 5.41) is 16.2. The monoisotopic (exact) mass is 672 g/mol. The Morgan fingerprint density at radius 1 is 0.957 bits per heavy atom. The molecule has 0 fully saturated rings. The van der Waals surface area contributed by atoms with E-state index in [1.54, 1.807) is 43.5 Å². The van der Waals surface area contributed by atoms with Crippen LogP contribution in [0.4, 0.5) is 10.5 Å². The molecule has 0 radical (unpaired) electrons. The molecule has 0 saturated carbocycles. The minimum atomic E-state index is -1.00. The van der Waals surface area contributed by atoms with Crippen molar-refractivity contribution >= 4 is 40.9 Å². The highest BCUT2D eigenvalue weighted by atomic mass is 35.5. The van der Waals surface area contributed by atoms with Gasteiger partial charge in [0.15, 0.2) is 0 Å². The number of urea groups is 1. The van der Waals surface area contributed by atoms with E-state index in [0.29, 0.717) is 57.5 Å². The topological polar surface area (TPSA) is 115 Å². The average molecular weight is 674 g/mol. The number of carbonyl (C=O) groups is 2. The summed E-state index contributed by atoms with van der Waals surface area (Å²) in [6.07, 6.45) is 4.27. The number of halogens is 2. The van der Waals surface area contributed by atoms with Crippen LogP contribution in [-0.4, -0.2) is 33.8 Å². The maximum Gasteiger partial charge on any atom is 0.335 e. The fourth-order valence-electron chi connectivity index (χ4n) is 5.05. The van der Waals surface area contributed by atoms with Gasteiger partial charge in [0.05, 0.1) is 35.1 Å². The molecule has 0 saturated heterocycles. The lowest BCUT2D eigenvalue weighted by molar-refractivity contribution is 0.0697. The summed E-state index contributed by atoms with van der Waals surface area (Å²) in [4.78, 5) is 29.6. The van der Waals surface area contributed by atoms with Crippen LogP contribution in [0.5, 0.6) is 17.2 Å². The molecule has 9 nitrogen and oxygen atoms in total. The van der Waals surface area contributed by atoms with E-state index >= 15 is 0 Å². The van der Waals surface area contributed by atoms with E-state index in [4.69, 9.17) is 42.8 Å². The van der Waals surface area contributed by atoms with Gasteiger partial charge < -0.3 is 29.8 Å². The first kappa shape index (κ1) is 33.4. The molecule has 0 aliphatic heterocycles. The third-order valence-corrected chi connectivity index (χ3v) is 7.99. The first-order valence-corrected chi connectivity index (χ1v) is 15.8. The van der Waals surface area contributed by atoms with Crippen molar-refractivity contribution in [3.05, 3.63) is 124 Å². The molecular formula is C36H34Cl2N4O5. The number of aromatic carboxylic acids is 1.